The van der Waals surface area contributed by atoms with E-state index < -0.39 is 17.8 Å². The van der Waals surface area contributed by atoms with Crippen LogP contribution in [0.25, 0.3) is 22.8 Å². The van der Waals surface area contributed by atoms with E-state index in [9.17, 15) is 14.0 Å². The van der Waals surface area contributed by atoms with Crippen LogP contribution in [0.15, 0.2) is 83.4 Å². The van der Waals surface area contributed by atoms with Gasteiger partial charge in [-0.25, -0.2) is 9.18 Å². The number of imide groups is 1. The molecule has 2 amide bonds. The molecule has 0 unspecified atom stereocenters. The second-order valence-electron chi connectivity index (χ2n) is 6.81. The Morgan fingerprint density at radius 2 is 1.75 bits per heavy atom. The van der Waals surface area contributed by atoms with Gasteiger partial charge in [-0.1, -0.05) is 59.8 Å². The first-order valence-corrected chi connectivity index (χ1v) is 9.81. The van der Waals surface area contributed by atoms with Crippen LogP contribution in [-0.2, 0) is 11.2 Å². The molecule has 0 aliphatic heterocycles. The summed E-state index contributed by atoms with van der Waals surface area (Å²) in [5.41, 5.74) is 1.88. The Bertz CT molecular complexity index is 1240. The second kappa shape index (κ2) is 9.65. The highest BCUT2D eigenvalue weighted by molar-refractivity contribution is 6.03. The van der Waals surface area contributed by atoms with Gasteiger partial charge in [0.15, 0.2) is 0 Å². The predicted octanol–water partition coefficient (Wildman–Crippen LogP) is 4.65. The zero-order chi connectivity index (χ0) is 22.3. The fourth-order valence-corrected chi connectivity index (χ4v) is 2.99. The fraction of sp³-hybridized carbons (Fsp3) is 0.0833. The van der Waals surface area contributed by atoms with E-state index in [0.717, 1.165) is 5.56 Å². The van der Waals surface area contributed by atoms with Crippen LogP contribution in [0.2, 0.25) is 0 Å². The molecule has 0 radical (unpaired) electrons. The van der Waals surface area contributed by atoms with Crippen molar-refractivity contribution in [3.05, 3.63) is 95.8 Å². The maximum absolute atomic E-state index is 13.9. The van der Waals surface area contributed by atoms with E-state index in [4.69, 9.17) is 9.26 Å². The molecule has 0 atom stereocenters. The normalized spacial score (nSPS) is 10.5. The van der Waals surface area contributed by atoms with E-state index in [1.54, 1.807) is 24.3 Å². The smallest absolute Gasteiger partial charge is 0.414 e. The lowest BCUT2D eigenvalue weighted by molar-refractivity contribution is 0.0921. The molecule has 0 aliphatic carbocycles. The van der Waals surface area contributed by atoms with Crippen LogP contribution in [0.3, 0.4) is 0 Å². The molecule has 0 bridgehead atoms. The molecule has 0 saturated heterocycles. The number of nitrogens with zero attached hydrogens (tertiary/aromatic N) is 2. The average molecular weight is 431 g/mol. The van der Waals surface area contributed by atoms with Gasteiger partial charge in [-0.3, -0.25) is 10.1 Å². The summed E-state index contributed by atoms with van der Waals surface area (Å²) >= 11 is 0. The maximum Gasteiger partial charge on any atom is 0.414 e. The van der Waals surface area contributed by atoms with Crippen molar-refractivity contribution < 1.29 is 23.2 Å². The summed E-state index contributed by atoms with van der Waals surface area (Å²) in [6.45, 7) is 0.144. The minimum atomic E-state index is -0.835. The van der Waals surface area contributed by atoms with E-state index in [0.29, 0.717) is 12.0 Å². The second-order valence-corrected chi connectivity index (χ2v) is 6.81. The van der Waals surface area contributed by atoms with Gasteiger partial charge in [0.25, 0.3) is 11.8 Å². The van der Waals surface area contributed by atoms with Gasteiger partial charge in [0.05, 0.1) is 12.2 Å². The van der Waals surface area contributed by atoms with Crippen molar-refractivity contribution in [1.82, 2.24) is 15.5 Å². The molecule has 7 nitrogen and oxygen atoms in total. The first-order chi connectivity index (χ1) is 15.6. The molecular weight excluding hydrogens is 413 g/mol. The molecule has 0 aliphatic rings. The Kier molecular flexibility index (Phi) is 6.31. The number of ether oxygens (including phenoxy) is 1. The van der Waals surface area contributed by atoms with Crippen LogP contribution in [0.5, 0.6) is 0 Å². The number of benzene rings is 3. The van der Waals surface area contributed by atoms with E-state index in [2.05, 4.69) is 15.5 Å². The molecule has 1 N–H and O–H groups in total. The molecule has 0 saturated carbocycles. The van der Waals surface area contributed by atoms with Crippen molar-refractivity contribution in [3.63, 3.8) is 0 Å². The molecule has 0 spiro atoms. The Labute approximate surface area is 182 Å². The van der Waals surface area contributed by atoms with Crippen molar-refractivity contribution in [3.8, 4) is 22.8 Å². The summed E-state index contributed by atoms with van der Waals surface area (Å²) in [6, 6.07) is 21.9. The van der Waals surface area contributed by atoms with Gasteiger partial charge in [0, 0.05) is 17.5 Å². The SMILES string of the molecule is O=C(NC(=O)c1cccc(-c2noc(-c3ccccc3F)n2)c1)OCCc1ccccc1. The van der Waals surface area contributed by atoms with E-state index in [1.165, 1.54) is 24.3 Å². The van der Waals surface area contributed by atoms with Crippen LogP contribution in [-0.4, -0.2) is 28.7 Å². The summed E-state index contributed by atoms with van der Waals surface area (Å²) in [6.07, 6.45) is -0.294. The minimum absolute atomic E-state index is 0.0231. The summed E-state index contributed by atoms with van der Waals surface area (Å²) in [4.78, 5) is 28.6. The van der Waals surface area contributed by atoms with Crippen molar-refractivity contribution in [1.29, 1.82) is 0 Å². The van der Waals surface area contributed by atoms with Crippen LogP contribution >= 0.6 is 0 Å². The number of alkyl carbamates (subject to hydrolysis) is 1. The lowest BCUT2D eigenvalue weighted by Crippen LogP contribution is -2.31. The van der Waals surface area contributed by atoms with Gasteiger partial charge in [-0.05, 0) is 29.8 Å². The molecule has 4 rings (SSSR count). The van der Waals surface area contributed by atoms with Crippen LogP contribution in [0.1, 0.15) is 15.9 Å². The van der Waals surface area contributed by atoms with Gasteiger partial charge in [0.2, 0.25) is 5.82 Å². The number of amides is 2. The molecule has 3 aromatic carbocycles. The van der Waals surface area contributed by atoms with Crippen molar-refractivity contribution in [2.45, 2.75) is 6.42 Å². The van der Waals surface area contributed by atoms with Crippen LogP contribution < -0.4 is 5.32 Å². The van der Waals surface area contributed by atoms with Gasteiger partial charge in [-0.15, -0.1) is 0 Å². The van der Waals surface area contributed by atoms with E-state index >= 15 is 0 Å². The summed E-state index contributed by atoms with van der Waals surface area (Å²) < 4.78 is 24.2. The molecule has 0 fully saturated rings. The summed E-state index contributed by atoms with van der Waals surface area (Å²) in [7, 11) is 0. The Hall–Kier alpha value is -4.33. The number of carbonyl (C=O) groups is 2. The zero-order valence-electron chi connectivity index (χ0n) is 16.8. The first kappa shape index (κ1) is 20.9. The third kappa shape index (κ3) is 5.04. The van der Waals surface area contributed by atoms with Gasteiger partial charge in [-0.2, -0.15) is 4.98 Å². The number of halogens is 1. The Balaban J connectivity index is 1.39. The highest BCUT2D eigenvalue weighted by atomic mass is 19.1. The average Bonchev–Trinajstić information content (AvgIpc) is 3.30. The molecule has 4 aromatic rings. The topological polar surface area (TPSA) is 94.3 Å². The Morgan fingerprint density at radius 3 is 2.56 bits per heavy atom. The lowest BCUT2D eigenvalue weighted by atomic mass is 10.1. The molecular formula is C24H18FN3O4. The number of carbonyl (C=O) groups excluding carboxylic acids is 2. The van der Waals surface area contributed by atoms with Gasteiger partial charge < -0.3 is 9.26 Å². The highest BCUT2D eigenvalue weighted by Gasteiger charge is 2.16. The first-order valence-electron chi connectivity index (χ1n) is 9.81. The van der Waals surface area contributed by atoms with Crippen molar-refractivity contribution in [2.75, 3.05) is 6.61 Å². The van der Waals surface area contributed by atoms with E-state index in [1.807, 2.05) is 30.3 Å². The number of nitrogens with one attached hydrogen (secondary N) is 1. The van der Waals surface area contributed by atoms with E-state index in [-0.39, 0.29) is 29.4 Å². The van der Waals surface area contributed by atoms with Crippen LogP contribution in [0, 0.1) is 5.82 Å². The number of hydrogen-bond donors (Lipinski definition) is 1. The van der Waals surface area contributed by atoms with Crippen molar-refractivity contribution >= 4 is 12.0 Å². The zero-order valence-corrected chi connectivity index (χ0v) is 16.8. The monoisotopic (exact) mass is 431 g/mol. The number of aromatic nitrogens is 2. The maximum atomic E-state index is 13.9. The quantitative estimate of drug-likeness (QED) is 0.478. The van der Waals surface area contributed by atoms with Crippen molar-refractivity contribution in [2.24, 2.45) is 0 Å². The summed E-state index contributed by atoms with van der Waals surface area (Å²) in [5.74, 6) is -0.908. The molecule has 8 heteroatoms. The molecule has 1 aromatic heterocycles. The van der Waals surface area contributed by atoms with Gasteiger partial charge in [0.1, 0.15) is 5.82 Å². The van der Waals surface area contributed by atoms with Gasteiger partial charge >= 0.3 is 6.09 Å². The third-order valence-electron chi connectivity index (χ3n) is 4.60. The molecule has 32 heavy (non-hydrogen) atoms. The lowest BCUT2D eigenvalue weighted by Gasteiger charge is -2.07. The number of hydrogen-bond acceptors (Lipinski definition) is 6. The predicted molar refractivity (Wildman–Crippen MR) is 114 cm³/mol. The fourth-order valence-electron chi connectivity index (χ4n) is 2.99. The third-order valence-corrected chi connectivity index (χ3v) is 4.60. The van der Waals surface area contributed by atoms with Crippen LogP contribution in [0.4, 0.5) is 9.18 Å². The standard InChI is InChI=1S/C24H18FN3O4/c25-20-12-5-4-11-19(20)23-26-21(28-32-23)17-9-6-10-18(15-17)22(29)27-24(30)31-14-13-16-7-2-1-3-8-16/h1-12,15H,13-14H2,(H,27,29,30). The highest BCUT2D eigenvalue weighted by Crippen LogP contribution is 2.24. The Morgan fingerprint density at radius 1 is 0.969 bits per heavy atom. The minimum Gasteiger partial charge on any atom is -0.449 e. The summed E-state index contributed by atoms with van der Waals surface area (Å²) in [5, 5.41) is 6.04. The molecule has 1 heterocycles. The largest absolute Gasteiger partial charge is 0.449 e. The number of rotatable bonds is 6. The molecule has 160 valence electrons.